The minimum Gasteiger partial charge on any atom is -0.493 e. The van der Waals surface area contributed by atoms with Gasteiger partial charge >= 0.3 is 11.9 Å². The summed E-state index contributed by atoms with van der Waals surface area (Å²) in [5.74, 6) is 3.07. The first-order chi connectivity index (χ1) is 33.1. The molecule has 0 spiro atoms. The van der Waals surface area contributed by atoms with Gasteiger partial charge < -0.3 is 66.5 Å². The Morgan fingerprint density at radius 3 is 1.29 bits per heavy atom. The van der Waals surface area contributed by atoms with Crippen molar-refractivity contribution in [1.29, 1.82) is 0 Å². The van der Waals surface area contributed by atoms with Gasteiger partial charge in [0, 0.05) is 59.9 Å². The Kier molecular flexibility index (Phi) is 16.7. The Morgan fingerprint density at radius 1 is 0.493 bits per heavy atom. The average molecular weight is 959 g/mol. The molecule has 0 fully saturated rings. The van der Waals surface area contributed by atoms with Crippen LogP contribution in [0.5, 0.6) is 57.5 Å². The molecule has 0 radical (unpaired) electrons. The van der Waals surface area contributed by atoms with Gasteiger partial charge in [0.1, 0.15) is 12.1 Å². The lowest BCUT2D eigenvalue weighted by molar-refractivity contribution is -0.941. The highest BCUT2D eigenvalue weighted by molar-refractivity contribution is 5.98. The minimum atomic E-state index is -1.23. The smallest absolute Gasteiger partial charge is 0.332 e. The fourth-order valence-corrected chi connectivity index (χ4v) is 10.7. The van der Waals surface area contributed by atoms with E-state index in [9.17, 15) is 19.8 Å². The molecule has 2 aliphatic heterocycles. The first-order valence-corrected chi connectivity index (χ1v) is 23.1. The summed E-state index contributed by atoms with van der Waals surface area (Å²) < 4.78 is 58.3. The molecule has 2 N–H and O–H groups in total. The first kappa shape index (κ1) is 51.9. The molecule has 0 aliphatic carbocycles. The number of carboxylic acids is 2. The molecular weight excluding hydrogens is 889 g/mol. The quantitative estimate of drug-likeness (QED) is 0.0545. The molecule has 16 nitrogen and oxygen atoms in total. The van der Waals surface area contributed by atoms with Crippen LogP contribution in [-0.2, 0) is 28.9 Å². The molecular formula is C53H70N2O14+2. The molecule has 0 unspecified atom stereocenters. The van der Waals surface area contributed by atoms with Gasteiger partial charge in [0.2, 0.25) is 11.5 Å². The van der Waals surface area contributed by atoms with Crippen LogP contribution in [0.25, 0.3) is 0 Å². The third-order valence-electron chi connectivity index (χ3n) is 14.3. The number of quaternary nitrogens is 2. The van der Waals surface area contributed by atoms with E-state index in [-0.39, 0.29) is 36.1 Å². The summed E-state index contributed by atoms with van der Waals surface area (Å²) in [6.07, 6.45) is 3.03. The van der Waals surface area contributed by atoms with E-state index in [2.05, 4.69) is 14.1 Å². The number of carbonyl (C=O) groups is 2. The Bertz CT molecular complexity index is 2490. The molecule has 69 heavy (non-hydrogen) atoms. The highest BCUT2D eigenvalue weighted by atomic mass is 16.5. The van der Waals surface area contributed by atoms with E-state index in [0.29, 0.717) is 105 Å². The second-order valence-electron chi connectivity index (χ2n) is 18.1. The number of fused-ring (bicyclic) bond motifs is 2. The fraction of sp³-hybridized carbons (Fsp3) is 0.472. The fourth-order valence-electron chi connectivity index (χ4n) is 10.7. The van der Waals surface area contributed by atoms with Crippen molar-refractivity contribution in [1.82, 2.24) is 0 Å². The largest absolute Gasteiger partial charge is 0.493 e. The van der Waals surface area contributed by atoms with Crippen molar-refractivity contribution >= 4 is 11.9 Å². The first-order valence-electron chi connectivity index (χ1n) is 23.1. The van der Waals surface area contributed by atoms with E-state index in [0.717, 1.165) is 52.8 Å². The number of aliphatic carboxylic acids is 2. The monoisotopic (exact) mass is 958 g/mol. The van der Waals surface area contributed by atoms with Crippen LogP contribution in [0, 0.1) is 0 Å². The van der Waals surface area contributed by atoms with Gasteiger partial charge in [-0.3, -0.25) is 0 Å². The highest BCUT2D eigenvalue weighted by Crippen LogP contribution is 2.49. The van der Waals surface area contributed by atoms with E-state index in [1.165, 1.54) is 0 Å². The van der Waals surface area contributed by atoms with Crippen LogP contribution in [0.1, 0.15) is 71.1 Å². The molecule has 16 heteroatoms. The molecule has 4 atom stereocenters. The molecule has 4 aromatic rings. The number of carboxylic acid groups (broad SMARTS) is 2. The van der Waals surface area contributed by atoms with Crippen LogP contribution in [0.2, 0.25) is 0 Å². The van der Waals surface area contributed by atoms with E-state index in [1.807, 2.05) is 48.5 Å². The van der Waals surface area contributed by atoms with Gasteiger partial charge in [0.15, 0.2) is 46.0 Å². The molecule has 6 rings (SSSR count). The average Bonchev–Trinajstić information content (AvgIpc) is 3.35. The van der Waals surface area contributed by atoms with E-state index in [4.69, 9.17) is 47.4 Å². The normalized spacial score (nSPS) is 19.8. The molecule has 0 aromatic heterocycles. The Morgan fingerprint density at radius 2 is 0.870 bits per heavy atom. The van der Waals surface area contributed by atoms with Crippen LogP contribution in [0.15, 0.2) is 59.7 Å². The lowest BCUT2D eigenvalue weighted by atomic mass is 9.85. The Balaban J connectivity index is 1.30. The molecule has 2 aliphatic rings. The summed E-state index contributed by atoms with van der Waals surface area (Å²) in [5, 5.41) is 21.4. The molecule has 0 bridgehead atoms. The highest BCUT2D eigenvalue weighted by Gasteiger charge is 2.43. The summed E-state index contributed by atoms with van der Waals surface area (Å²) in [5.41, 5.74) is 6.05. The summed E-state index contributed by atoms with van der Waals surface area (Å²) in [4.78, 5) is 26.2. The van der Waals surface area contributed by atoms with Gasteiger partial charge in [-0.25, -0.2) is 9.59 Å². The van der Waals surface area contributed by atoms with Gasteiger partial charge in [-0.15, -0.1) is 0 Å². The van der Waals surface area contributed by atoms with Crippen LogP contribution in [0.3, 0.4) is 0 Å². The topological polar surface area (TPSA) is 167 Å². The van der Waals surface area contributed by atoms with Gasteiger partial charge in [-0.1, -0.05) is 0 Å². The zero-order valence-corrected chi connectivity index (χ0v) is 42.2. The lowest BCUT2D eigenvalue weighted by Gasteiger charge is -2.46. The zero-order chi connectivity index (χ0) is 50.2. The predicted octanol–water partition coefficient (Wildman–Crippen LogP) is 7.88. The lowest BCUT2D eigenvalue weighted by Crippen LogP contribution is -2.52. The summed E-state index contributed by atoms with van der Waals surface area (Å²) >= 11 is 0. The van der Waals surface area contributed by atoms with Crippen LogP contribution >= 0.6 is 0 Å². The predicted molar refractivity (Wildman–Crippen MR) is 260 cm³/mol. The van der Waals surface area contributed by atoms with Crippen molar-refractivity contribution in [2.24, 2.45) is 0 Å². The van der Waals surface area contributed by atoms with Gasteiger partial charge in [-0.05, 0) is 78.1 Å². The van der Waals surface area contributed by atoms with Crippen molar-refractivity contribution in [3.05, 3.63) is 93.1 Å². The Hall–Kier alpha value is -6.52. The molecule has 0 saturated carbocycles. The van der Waals surface area contributed by atoms with E-state index >= 15 is 0 Å². The van der Waals surface area contributed by atoms with Gasteiger partial charge in [0.25, 0.3) is 0 Å². The van der Waals surface area contributed by atoms with Crippen molar-refractivity contribution in [3.63, 3.8) is 0 Å². The van der Waals surface area contributed by atoms with Crippen LogP contribution in [-0.4, -0.2) is 142 Å². The number of likely N-dealkylation sites (N-methyl/N-ethyl adjacent to an activating group) is 2. The molecule has 4 aromatic carbocycles. The summed E-state index contributed by atoms with van der Waals surface area (Å²) in [6.45, 7) is 2.56. The molecule has 374 valence electrons. The maximum absolute atomic E-state index is 13.1. The number of rotatable bonds is 23. The number of hydrogen-bond acceptors (Lipinski definition) is 12. The maximum atomic E-state index is 13.1. The maximum Gasteiger partial charge on any atom is 0.332 e. The number of methoxy groups -OCH3 is 10. The number of benzene rings is 4. The summed E-state index contributed by atoms with van der Waals surface area (Å²) in [6, 6.07) is 15.5. The minimum absolute atomic E-state index is 0.0659. The number of ether oxygens (including phenoxy) is 10. The van der Waals surface area contributed by atoms with Gasteiger partial charge in [-0.2, -0.15) is 0 Å². The second kappa shape index (κ2) is 22.3. The molecule has 2 heterocycles. The third kappa shape index (κ3) is 10.6. The Labute approximate surface area is 405 Å². The third-order valence-corrected chi connectivity index (χ3v) is 14.3. The van der Waals surface area contributed by atoms with Crippen molar-refractivity contribution in [2.75, 3.05) is 111 Å². The molecule has 0 amide bonds. The van der Waals surface area contributed by atoms with E-state index in [1.54, 1.807) is 71.1 Å². The SMILES string of the molecule is COc1cc2c(cc1OC)[C@@H](c1cc(OC)c(OC)c(OC)c1)[N@@+](C)(CCCC(C(=O)O)=C(CCC[N@@+]1(C)CCc3cc(OC)c(OC)cc3[C@H]1Cc1cc(OC)c(OC)c(OC)c1)C(=O)O)CC2. The van der Waals surface area contributed by atoms with Crippen molar-refractivity contribution in [3.8, 4) is 57.5 Å². The second-order valence-corrected chi connectivity index (χ2v) is 18.1. The number of hydrogen-bond donors (Lipinski definition) is 2. The van der Waals surface area contributed by atoms with Crippen LogP contribution < -0.4 is 47.4 Å². The number of nitrogens with zero attached hydrogens (tertiary/aromatic N) is 2. The zero-order valence-electron chi connectivity index (χ0n) is 42.2. The van der Waals surface area contributed by atoms with Gasteiger partial charge in [0.05, 0.1) is 111 Å². The molecule has 0 saturated heterocycles. The van der Waals surface area contributed by atoms with E-state index < -0.39 is 11.9 Å². The van der Waals surface area contributed by atoms with Crippen molar-refractivity contribution < 1.29 is 76.1 Å². The summed E-state index contributed by atoms with van der Waals surface area (Å²) in [7, 11) is 20.3. The van der Waals surface area contributed by atoms with Crippen molar-refractivity contribution in [2.45, 2.75) is 57.0 Å². The van der Waals surface area contributed by atoms with Crippen LogP contribution in [0.4, 0.5) is 0 Å². The standard InChI is InChI=1S/C53H68N2O14/c1-54(21-17-33-26-41(60-3)43(62-5)30-38(33)40(54)23-32-24-45(64-7)50(68-11)46(25-32)65-8)19-13-15-36(52(56)57)37(53(58)59)16-14-20-55(2)22-18-34-27-42(61-4)44(63-6)31-39(34)49(55)35-28-47(66-9)51(69-12)48(29-35)67-10/h24-31,40,49H,13-23H2,1-12H3/p+2/t40-,49-,54+,55+/m1/s1.